The molecule has 0 amide bonds. The highest BCUT2D eigenvalue weighted by Gasteiger charge is 2.10. The number of aromatic amines is 1. The van der Waals surface area contributed by atoms with Crippen LogP contribution in [0.2, 0.25) is 0 Å². The van der Waals surface area contributed by atoms with Gasteiger partial charge < -0.3 is 5.11 Å². The summed E-state index contributed by atoms with van der Waals surface area (Å²) in [5.74, 6) is -0.0220. The molecular weight excluding hydrogens is 282 g/mol. The number of carbonyl (C=O) groups excluding carboxylic acids is 1. The van der Waals surface area contributed by atoms with Crippen molar-refractivity contribution in [3.63, 3.8) is 0 Å². The molecule has 0 aliphatic carbocycles. The molecule has 1 aromatic heterocycles. The number of phenolic OH excluding ortho intramolecular Hbond substituents is 1. The molecule has 0 bridgehead atoms. The van der Waals surface area contributed by atoms with Crippen molar-refractivity contribution < 1.29 is 9.90 Å². The second kappa shape index (κ2) is 5.74. The summed E-state index contributed by atoms with van der Waals surface area (Å²) in [4.78, 5) is 37.7. The molecule has 0 aliphatic rings. The second-order valence-electron chi connectivity index (χ2n) is 3.96. The summed E-state index contributed by atoms with van der Waals surface area (Å²) < 4.78 is 1.29. The van der Waals surface area contributed by atoms with E-state index in [2.05, 4.69) is 10.1 Å². The number of thioether (sulfide) groups is 1. The smallest absolute Gasteiger partial charge is 0.339 e. The molecule has 2 N–H and O–H groups in total. The molecule has 2 aromatic rings. The fourth-order valence-electron chi connectivity index (χ4n) is 1.45. The summed E-state index contributed by atoms with van der Waals surface area (Å²) in [6.07, 6.45) is 0. The van der Waals surface area contributed by atoms with E-state index < -0.39 is 11.1 Å². The molecular formula is C12H11N3O4S. The predicted molar refractivity (Wildman–Crippen MR) is 73.3 cm³/mol. The lowest BCUT2D eigenvalue weighted by Gasteiger charge is -2.05. The lowest BCUT2D eigenvalue weighted by molar-refractivity contribution is 0.102. The van der Waals surface area contributed by atoms with Crippen molar-refractivity contribution in [2.45, 2.75) is 5.16 Å². The van der Waals surface area contributed by atoms with Crippen LogP contribution in [0.1, 0.15) is 10.4 Å². The number of aromatic hydroxyl groups is 1. The van der Waals surface area contributed by atoms with Crippen LogP contribution in [-0.2, 0) is 7.05 Å². The molecule has 8 heteroatoms. The zero-order valence-electron chi connectivity index (χ0n) is 10.5. The Morgan fingerprint density at radius 3 is 2.65 bits per heavy atom. The highest BCUT2D eigenvalue weighted by Crippen LogP contribution is 2.16. The van der Waals surface area contributed by atoms with Gasteiger partial charge in [0.05, 0.1) is 5.75 Å². The van der Waals surface area contributed by atoms with Gasteiger partial charge in [-0.2, -0.15) is 4.98 Å². The molecule has 1 heterocycles. The van der Waals surface area contributed by atoms with E-state index in [1.54, 1.807) is 0 Å². The third kappa shape index (κ3) is 3.15. The van der Waals surface area contributed by atoms with Crippen LogP contribution in [0.4, 0.5) is 0 Å². The number of aryl methyl sites for hydroxylation is 1. The number of benzene rings is 1. The maximum atomic E-state index is 11.9. The quantitative estimate of drug-likeness (QED) is 0.472. The molecule has 0 radical (unpaired) electrons. The first-order valence-corrected chi connectivity index (χ1v) is 6.58. The Bertz CT molecular complexity index is 749. The van der Waals surface area contributed by atoms with E-state index in [0.717, 1.165) is 11.8 Å². The van der Waals surface area contributed by atoms with Gasteiger partial charge in [0, 0.05) is 12.6 Å². The number of H-pyrrole nitrogens is 1. The van der Waals surface area contributed by atoms with E-state index in [0.29, 0.717) is 5.56 Å². The molecule has 0 spiro atoms. The summed E-state index contributed by atoms with van der Waals surface area (Å²) in [6.45, 7) is 0. The molecule has 0 saturated carbocycles. The first-order chi connectivity index (χ1) is 9.47. The van der Waals surface area contributed by atoms with Gasteiger partial charge in [0.15, 0.2) is 10.9 Å². The fourth-order valence-corrected chi connectivity index (χ4v) is 2.26. The van der Waals surface area contributed by atoms with Gasteiger partial charge in [-0.3, -0.25) is 24.2 Å². The highest BCUT2D eigenvalue weighted by molar-refractivity contribution is 7.99. The van der Waals surface area contributed by atoms with E-state index >= 15 is 0 Å². The largest absolute Gasteiger partial charge is 0.508 e. The van der Waals surface area contributed by atoms with E-state index in [4.69, 9.17) is 5.11 Å². The van der Waals surface area contributed by atoms with Gasteiger partial charge in [0.1, 0.15) is 5.75 Å². The average molecular weight is 293 g/mol. The van der Waals surface area contributed by atoms with Crippen molar-refractivity contribution in [1.29, 1.82) is 0 Å². The topological polar surface area (TPSA) is 105 Å². The summed E-state index contributed by atoms with van der Waals surface area (Å²) in [5.41, 5.74) is -1.24. The first kappa shape index (κ1) is 14.1. The first-order valence-electron chi connectivity index (χ1n) is 5.60. The number of nitrogens with zero attached hydrogens (tertiary/aromatic N) is 2. The molecule has 7 nitrogen and oxygen atoms in total. The standard InChI is InChI=1S/C12H11N3O4S/c1-15-12(13-10(18)11(19)14-15)20-6-9(17)7-2-4-8(16)5-3-7/h2-5,16H,6H2,1H3,(H,14,19). The van der Waals surface area contributed by atoms with Crippen LogP contribution in [0.5, 0.6) is 5.75 Å². The molecule has 0 aliphatic heterocycles. The van der Waals surface area contributed by atoms with E-state index in [1.165, 1.54) is 36.0 Å². The van der Waals surface area contributed by atoms with Gasteiger partial charge in [-0.25, -0.2) is 0 Å². The fraction of sp³-hybridized carbons (Fsp3) is 0.167. The van der Waals surface area contributed by atoms with Crippen LogP contribution in [0.3, 0.4) is 0 Å². The zero-order chi connectivity index (χ0) is 14.7. The average Bonchev–Trinajstić information content (AvgIpc) is 2.42. The van der Waals surface area contributed by atoms with Gasteiger partial charge in [-0.1, -0.05) is 11.8 Å². The molecule has 1 aromatic carbocycles. The van der Waals surface area contributed by atoms with Crippen LogP contribution in [0.15, 0.2) is 39.0 Å². The number of nitrogens with one attached hydrogen (secondary N) is 1. The highest BCUT2D eigenvalue weighted by atomic mass is 32.2. The Morgan fingerprint density at radius 1 is 1.35 bits per heavy atom. The van der Waals surface area contributed by atoms with Crippen LogP contribution < -0.4 is 11.1 Å². The number of hydrogen-bond acceptors (Lipinski definition) is 6. The minimum absolute atomic E-state index is 0.0666. The van der Waals surface area contributed by atoms with E-state index in [-0.39, 0.29) is 22.4 Å². The van der Waals surface area contributed by atoms with E-state index in [9.17, 15) is 14.4 Å². The number of aromatic nitrogens is 3. The Morgan fingerprint density at radius 2 is 2.00 bits per heavy atom. The van der Waals surface area contributed by atoms with Crippen molar-refractivity contribution >= 4 is 17.5 Å². The van der Waals surface area contributed by atoms with Crippen molar-refractivity contribution in [3.8, 4) is 5.75 Å². The number of carbonyl (C=O) groups is 1. The Kier molecular flexibility index (Phi) is 4.04. The normalized spacial score (nSPS) is 10.4. The Labute approximate surface area is 117 Å². The van der Waals surface area contributed by atoms with Gasteiger partial charge in [0.25, 0.3) is 0 Å². The number of rotatable bonds is 4. The predicted octanol–water partition coefficient (Wildman–Crippen LogP) is 0.149. The van der Waals surface area contributed by atoms with Crippen LogP contribution >= 0.6 is 11.8 Å². The second-order valence-corrected chi connectivity index (χ2v) is 4.90. The molecule has 0 fully saturated rings. The number of phenols is 1. The SMILES string of the molecule is Cn1[nH]c(=O)c(=O)nc1SCC(=O)c1ccc(O)cc1. The minimum Gasteiger partial charge on any atom is -0.508 e. The number of hydrogen-bond donors (Lipinski definition) is 2. The summed E-state index contributed by atoms with van der Waals surface area (Å²) >= 11 is 1.05. The summed E-state index contributed by atoms with van der Waals surface area (Å²) in [5, 5.41) is 11.7. The van der Waals surface area contributed by atoms with Gasteiger partial charge >= 0.3 is 11.1 Å². The Balaban J connectivity index is 2.11. The van der Waals surface area contributed by atoms with Crippen molar-refractivity contribution in [2.24, 2.45) is 7.05 Å². The van der Waals surface area contributed by atoms with Gasteiger partial charge in [-0.05, 0) is 24.3 Å². The lowest BCUT2D eigenvalue weighted by atomic mass is 10.1. The third-order valence-corrected chi connectivity index (χ3v) is 3.50. The van der Waals surface area contributed by atoms with Crippen LogP contribution in [-0.4, -0.2) is 31.4 Å². The molecule has 0 saturated heterocycles. The zero-order valence-corrected chi connectivity index (χ0v) is 11.3. The van der Waals surface area contributed by atoms with Crippen molar-refractivity contribution in [2.75, 3.05) is 5.75 Å². The van der Waals surface area contributed by atoms with Crippen molar-refractivity contribution in [1.82, 2.24) is 14.8 Å². The van der Waals surface area contributed by atoms with Crippen LogP contribution in [0, 0.1) is 0 Å². The Hall–Kier alpha value is -2.35. The van der Waals surface area contributed by atoms with Gasteiger partial charge in [-0.15, -0.1) is 0 Å². The third-order valence-electron chi connectivity index (χ3n) is 2.47. The molecule has 104 valence electrons. The molecule has 0 atom stereocenters. The van der Waals surface area contributed by atoms with Gasteiger partial charge in [0.2, 0.25) is 0 Å². The molecule has 2 rings (SSSR count). The lowest BCUT2D eigenvalue weighted by Crippen LogP contribution is -2.34. The van der Waals surface area contributed by atoms with Crippen LogP contribution in [0.25, 0.3) is 0 Å². The summed E-state index contributed by atoms with van der Waals surface area (Å²) in [6, 6.07) is 5.87. The maximum Gasteiger partial charge on any atom is 0.339 e. The number of ketones is 1. The minimum atomic E-state index is -0.886. The maximum absolute atomic E-state index is 11.9. The monoisotopic (exact) mass is 293 g/mol. The number of Topliss-reactive ketones (excluding diaryl/α,β-unsaturated/α-hetero) is 1. The molecule has 0 unspecified atom stereocenters. The molecule has 20 heavy (non-hydrogen) atoms. The van der Waals surface area contributed by atoms with E-state index in [1.807, 2.05) is 0 Å². The van der Waals surface area contributed by atoms with Crippen molar-refractivity contribution in [3.05, 3.63) is 50.5 Å². The summed E-state index contributed by atoms with van der Waals surface area (Å²) in [7, 11) is 1.53.